The fraction of sp³-hybridized carbons (Fsp3) is 0.296. The number of hydrogen-bond donors (Lipinski definition) is 0. The summed E-state index contributed by atoms with van der Waals surface area (Å²) in [6.07, 6.45) is 0.712. The molecule has 3 aromatic carbocycles. The first-order valence-electron chi connectivity index (χ1n) is 11.6. The van der Waals surface area contributed by atoms with Gasteiger partial charge in [0.1, 0.15) is 5.75 Å². The number of amides is 1. The summed E-state index contributed by atoms with van der Waals surface area (Å²) < 4.78 is 36.3. The van der Waals surface area contributed by atoms with Gasteiger partial charge in [0.2, 0.25) is 5.91 Å². The molecule has 1 heterocycles. The van der Waals surface area contributed by atoms with Crippen LogP contribution in [0.3, 0.4) is 0 Å². The highest BCUT2D eigenvalue weighted by Crippen LogP contribution is 2.37. The molecule has 0 saturated heterocycles. The molecule has 0 aliphatic carbocycles. The van der Waals surface area contributed by atoms with Gasteiger partial charge in [-0.3, -0.25) is 9.10 Å². The van der Waals surface area contributed by atoms with Gasteiger partial charge in [0, 0.05) is 40.9 Å². The molecule has 6 nitrogen and oxygen atoms in total. The highest BCUT2D eigenvalue weighted by molar-refractivity contribution is 9.10. The van der Waals surface area contributed by atoms with Gasteiger partial charge in [0.05, 0.1) is 23.2 Å². The Morgan fingerprint density at radius 2 is 1.61 bits per heavy atom. The molecule has 0 fully saturated rings. The summed E-state index contributed by atoms with van der Waals surface area (Å²) in [7, 11) is -2.12. The number of nitrogens with zero attached hydrogens (tertiary/aromatic N) is 2. The number of benzene rings is 3. The number of hydrogen-bond acceptors (Lipinski definition) is 4. The van der Waals surface area contributed by atoms with Gasteiger partial charge in [-0.15, -0.1) is 0 Å². The van der Waals surface area contributed by atoms with Crippen LogP contribution in [0.5, 0.6) is 5.75 Å². The van der Waals surface area contributed by atoms with E-state index in [1.165, 1.54) is 4.31 Å². The predicted molar refractivity (Wildman–Crippen MR) is 149 cm³/mol. The SMILES string of the molecule is Cc1cc(C)cc(N(CCC(=O)N(C)C2CCOc3ccc(Br)cc32)S(=O)(=O)c2ccc(Br)cc2)c1. The number of ether oxygens (including phenoxy) is 1. The first-order valence-corrected chi connectivity index (χ1v) is 14.6. The third-order valence-corrected chi connectivity index (χ3v) is 9.13. The smallest absolute Gasteiger partial charge is 0.264 e. The molecule has 0 saturated carbocycles. The Morgan fingerprint density at radius 1 is 0.972 bits per heavy atom. The molecule has 0 N–H and O–H groups in total. The Hall–Kier alpha value is -2.36. The molecule has 1 amide bonds. The molecule has 36 heavy (non-hydrogen) atoms. The zero-order valence-corrected chi connectivity index (χ0v) is 24.4. The van der Waals surface area contributed by atoms with E-state index in [0.717, 1.165) is 31.4 Å². The number of halogens is 2. The average Bonchev–Trinajstić information content (AvgIpc) is 2.82. The molecule has 0 aromatic heterocycles. The normalized spacial score (nSPS) is 15.1. The van der Waals surface area contributed by atoms with Gasteiger partial charge in [0.15, 0.2) is 0 Å². The molecule has 0 radical (unpaired) electrons. The minimum absolute atomic E-state index is 0.0268. The van der Waals surface area contributed by atoms with Crippen LogP contribution in [0.15, 0.2) is 74.5 Å². The minimum atomic E-state index is -3.89. The second-order valence-corrected chi connectivity index (χ2v) is 12.7. The van der Waals surface area contributed by atoms with Gasteiger partial charge in [-0.25, -0.2) is 8.42 Å². The van der Waals surface area contributed by atoms with Gasteiger partial charge in [-0.05, 0) is 79.6 Å². The lowest BCUT2D eigenvalue weighted by Gasteiger charge is -2.34. The maximum Gasteiger partial charge on any atom is 0.264 e. The van der Waals surface area contributed by atoms with E-state index < -0.39 is 10.0 Å². The van der Waals surface area contributed by atoms with Crippen LogP contribution in [0.2, 0.25) is 0 Å². The van der Waals surface area contributed by atoms with Gasteiger partial charge in [-0.2, -0.15) is 0 Å². The average molecular weight is 636 g/mol. The van der Waals surface area contributed by atoms with Crippen molar-refractivity contribution in [2.24, 2.45) is 0 Å². The van der Waals surface area contributed by atoms with Gasteiger partial charge >= 0.3 is 0 Å². The van der Waals surface area contributed by atoms with Crippen molar-refractivity contribution >= 4 is 53.5 Å². The number of fused-ring (bicyclic) bond motifs is 1. The summed E-state index contributed by atoms with van der Waals surface area (Å²) in [5, 5.41) is 0. The molecule has 3 aromatic rings. The Balaban J connectivity index is 1.61. The van der Waals surface area contributed by atoms with E-state index in [1.807, 2.05) is 50.2 Å². The number of carbonyl (C=O) groups is 1. The maximum atomic E-state index is 13.7. The summed E-state index contributed by atoms with van der Waals surface area (Å²) >= 11 is 6.87. The van der Waals surface area contributed by atoms with E-state index >= 15 is 0 Å². The lowest BCUT2D eigenvalue weighted by molar-refractivity contribution is -0.132. The number of rotatable bonds is 7. The lowest BCUT2D eigenvalue weighted by Crippen LogP contribution is -2.38. The zero-order chi connectivity index (χ0) is 26.0. The Morgan fingerprint density at radius 3 is 2.28 bits per heavy atom. The van der Waals surface area contributed by atoms with Crippen LogP contribution in [0, 0.1) is 13.8 Å². The molecular weight excluding hydrogens is 608 g/mol. The van der Waals surface area contributed by atoms with Crippen molar-refractivity contribution in [3.63, 3.8) is 0 Å². The van der Waals surface area contributed by atoms with Crippen molar-refractivity contribution in [3.8, 4) is 5.75 Å². The Kier molecular flexibility index (Phi) is 8.12. The molecular formula is C27H28Br2N2O4S. The number of aryl methyl sites for hydroxylation is 2. The summed E-state index contributed by atoms with van der Waals surface area (Å²) in [5.74, 6) is 0.636. The van der Waals surface area contributed by atoms with Crippen LogP contribution in [0.4, 0.5) is 5.69 Å². The summed E-state index contributed by atoms with van der Waals surface area (Å²) in [5.41, 5.74) is 3.40. The van der Waals surface area contributed by atoms with Gasteiger partial charge < -0.3 is 9.64 Å². The third kappa shape index (κ3) is 5.79. The monoisotopic (exact) mass is 634 g/mol. The fourth-order valence-corrected chi connectivity index (χ4v) is 6.61. The van der Waals surface area contributed by atoms with Crippen molar-refractivity contribution in [1.82, 2.24) is 4.90 Å². The van der Waals surface area contributed by atoms with Crippen LogP contribution in [0.1, 0.15) is 35.6 Å². The van der Waals surface area contributed by atoms with Crippen LogP contribution in [-0.4, -0.2) is 39.4 Å². The van der Waals surface area contributed by atoms with Crippen molar-refractivity contribution in [1.29, 1.82) is 0 Å². The molecule has 1 atom stereocenters. The first-order chi connectivity index (χ1) is 17.1. The molecule has 0 spiro atoms. The first kappa shape index (κ1) is 26.7. The standard InChI is InChI=1S/C27H28Br2N2O4S/c1-18-14-19(2)16-22(15-18)31(36(33,34)23-7-4-20(28)5-8-23)12-10-27(32)30(3)25-11-13-35-26-9-6-21(29)17-24(25)26/h4-9,14-17,25H,10-13H2,1-3H3. The molecule has 0 bridgehead atoms. The zero-order valence-electron chi connectivity index (χ0n) is 20.4. The second kappa shape index (κ2) is 10.9. The highest BCUT2D eigenvalue weighted by Gasteiger charge is 2.30. The number of anilines is 1. The maximum absolute atomic E-state index is 13.7. The van der Waals surface area contributed by atoms with Crippen molar-refractivity contribution < 1.29 is 17.9 Å². The molecule has 1 unspecified atom stereocenters. The largest absolute Gasteiger partial charge is 0.493 e. The van der Waals surface area contributed by atoms with Crippen LogP contribution in [0.25, 0.3) is 0 Å². The molecule has 4 rings (SSSR count). The van der Waals surface area contributed by atoms with Crippen LogP contribution >= 0.6 is 31.9 Å². The van der Waals surface area contributed by atoms with Crippen molar-refractivity contribution in [2.45, 2.75) is 37.6 Å². The van der Waals surface area contributed by atoms with E-state index in [2.05, 4.69) is 31.9 Å². The van der Waals surface area contributed by atoms with E-state index in [-0.39, 0.29) is 29.8 Å². The van der Waals surface area contributed by atoms with Gasteiger partial charge in [0.25, 0.3) is 10.0 Å². The van der Waals surface area contributed by atoms with Crippen molar-refractivity contribution in [2.75, 3.05) is 24.5 Å². The van der Waals surface area contributed by atoms with Crippen LogP contribution < -0.4 is 9.04 Å². The summed E-state index contributed by atoms with van der Waals surface area (Å²) in [6, 6.07) is 17.9. The number of carbonyl (C=O) groups excluding carboxylic acids is 1. The van der Waals surface area contributed by atoms with E-state index in [4.69, 9.17) is 4.74 Å². The van der Waals surface area contributed by atoms with E-state index in [0.29, 0.717) is 18.7 Å². The minimum Gasteiger partial charge on any atom is -0.493 e. The fourth-order valence-electron chi connectivity index (χ4n) is 4.51. The molecule has 9 heteroatoms. The number of sulfonamides is 1. The predicted octanol–water partition coefficient (Wildman–Crippen LogP) is 6.40. The molecule has 190 valence electrons. The Bertz CT molecular complexity index is 1360. The van der Waals surface area contributed by atoms with Crippen LogP contribution in [-0.2, 0) is 14.8 Å². The van der Waals surface area contributed by atoms with E-state index in [9.17, 15) is 13.2 Å². The van der Waals surface area contributed by atoms with E-state index in [1.54, 1.807) is 36.2 Å². The highest BCUT2D eigenvalue weighted by atomic mass is 79.9. The second-order valence-electron chi connectivity index (χ2n) is 8.97. The topological polar surface area (TPSA) is 66.9 Å². The summed E-state index contributed by atoms with van der Waals surface area (Å²) in [4.78, 5) is 15.2. The molecule has 1 aliphatic rings. The third-order valence-electron chi connectivity index (χ3n) is 6.27. The quantitative estimate of drug-likeness (QED) is 0.302. The lowest BCUT2D eigenvalue weighted by atomic mass is 9.99. The molecule has 1 aliphatic heterocycles. The van der Waals surface area contributed by atoms with Crippen molar-refractivity contribution in [3.05, 3.63) is 86.3 Å². The summed E-state index contributed by atoms with van der Waals surface area (Å²) in [6.45, 7) is 4.41. The Labute approximate surface area is 229 Å². The van der Waals surface area contributed by atoms with Gasteiger partial charge in [-0.1, -0.05) is 37.9 Å².